The predicted molar refractivity (Wildman–Crippen MR) is 171 cm³/mol. The lowest BCUT2D eigenvalue weighted by Crippen LogP contribution is -2.33. The molecule has 0 spiro atoms. The van der Waals surface area contributed by atoms with Crippen molar-refractivity contribution in [1.82, 2.24) is 8.61 Å². The highest BCUT2D eigenvalue weighted by Crippen LogP contribution is 2.38. The molecule has 2 unspecified atom stereocenters. The zero-order valence-corrected chi connectivity index (χ0v) is 28.5. The summed E-state index contributed by atoms with van der Waals surface area (Å²) in [7, 11) is -7.81. The van der Waals surface area contributed by atoms with Gasteiger partial charge in [-0.15, -0.1) is 0 Å². The second-order valence-corrected chi connectivity index (χ2v) is 18.7. The molecule has 240 valence electrons. The van der Waals surface area contributed by atoms with E-state index < -0.39 is 31.6 Å². The molecule has 2 aromatic rings. The lowest BCUT2D eigenvalue weighted by atomic mass is 9.77. The maximum Gasteiger partial charge on any atom is 0.243 e. The number of hydrogen-bond acceptors (Lipinski definition) is 6. The number of hydrogen-bond donors (Lipinski definition) is 0. The van der Waals surface area contributed by atoms with Gasteiger partial charge in [0.1, 0.15) is 0 Å². The molecular weight excluding hydrogens is 597 g/mol. The van der Waals surface area contributed by atoms with Crippen molar-refractivity contribution in [1.29, 1.82) is 0 Å². The highest BCUT2D eigenvalue weighted by atomic mass is 32.2. The van der Waals surface area contributed by atoms with Gasteiger partial charge in [0.25, 0.3) is 0 Å². The van der Waals surface area contributed by atoms with E-state index >= 15 is 0 Å². The van der Waals surface area contributed by atoms with Crippen molar-refractivity contribution in [3.05, 3.63) is 58.7 Å². The second kappa shape index (κ2) is 11.8. The summed E-state index contributed by atoms with van der Waals surface area (Å²) in [6, 6.07) is 8.22. The van der Waals surface area contributed by atoms with Gasteiger partial charge in [-0.05, 0) is 97.6 Å². The van der Waals surface area contributed by atoms with Gasteiger partial charge in [-0.3, -0.25) is 9.59 Å². The highest BCUT2D eigenvalue weighted by molar-refractivity contribution is 7.89. The Balaban J connectivity index is 1.43. The molecule has 2 atom stereocenters. The lowest BCUT2D eigenvalue weighted by molar-refractivity contribution is 0.0978. The molecule has 0 saturated carbocycles. The van der Waals surface area contributed by atoms with Crippen LogP contribution in [0.25, 0.3) is 0 Å². The molecule has 44 heavy (non-hydrogen) atoms. The molecule has 5 rings (SSSR count). The summed E-state index contributed by atoms with van der Waals surface area (Å²) in [6.07, 6.45) is 4.91. The van der Waals surface area contributed by atoms with Crippen LogP contribution in [-0.2, 0) is 20.0 Å². The minimum atomic E-state index is -3.90. The van der Waals surface area contributed by atoms with Crippen LogP contribution in [0.4, 0.5) is 0 Å². The van der Waals surface area contributed by atoms with Crippen LogP contribution < -0.4 is 0 Å². The van der Waals surface area contributed by atoms with Gasteiger partial charge in [-0.25, -0.2) is 16.8 Å². The summed E-state index contributed by atoms with van der Waals surface area (Å²) in [5, 5.41) is 0. The summed E-state index contributed by atoms with van der Waals surface area (Å²) >= 11 is 0. The monoisotopic (exact) mass is 642 g/mol. The highest BCUT2D eigenvalue weighted by Gasteiger charge is 2.37. The van der Waals surface area contributed by atoms with E-state index in [1.165, 1.54) is 45.0 Å². The summed E-state index contributed by atoms with van der Waals surface area (Å²) in [4.78, 5) is 27.2. The van der Waals surface area contributed by atoms with Crippen LogP contribution in [0.1, 0.15) is 112 Å². The Kier molecular flexibility index (Phi) is 8.81. The van der Waals surface area contributed by atoms with Gasteiger partial charge in [0.05, 0.1) is 9.79 Å². The fourth-order valence-electron chi connectivity index (χ4n) is 7.08. The number of rotatable bonds is 4. The summed E-state index contributed by atoms with van der Waals surface area (Å²) in [5.74, 6) is -0.160. The first-order valence-corrected chi connectivity index (χ1v) is 18.7. The minimum Gasteiger partial charge on any atom is -0.289 e. The Morgan fingerprint density at radius 2 is 0.909 bits per heavy atom. The van der Waals surface area contributed by atoms with Crippen LogP contribution in [0.3, 0.4) is 0 Å². The molecule has 0 aromatic heterocycles. The molecule has 2 fully saturated rings. The van der Waals surface area contributed by atoms with Crippen molar-refractivity contribution in [2.24, 2.45) is 22.7 Å². The average Bonchev–Trinajstić information content (AvgIpc) is 3.38. The van der Waals surface area contributed by atoms with Gasteiger partial charge >= 0.3 is 0 Å². The third kappa shape index (κ3) is 6.19. The maximum absolute atomic E-state index is 13.8. The molecule has 0 amide bonds. The van der Waals surface area contributed by atoms with Gasteiger partial charge in [0.2, 0.25) is 20.0 Å². The van der Waals surface area contributed by atoms with Crippen molar-refractivity contribution < 1.29 is 26.4 Å². The van der Waals surface area contributed by atoms with E-state index in [9.17, 15) is 26.4 Å². The largest absolute Gasteiger partial charge is 0.289 e. The van der Waals surface area contributed by atoms with Crippen molar-refractivity contribution in [2.75, 3.05) is 26.2 Å². The topological polar surface area (TPSA) is 109 Å². The average molecular weight is 643 g/mol. The number of nitrogens with zero attached hydrogens (tertiary/aromatic N) is 2. The van der Waals surface area contributed by atoms with Gasteiger partial charge in [0, 0.05) is 48.4 Å². The zero-order chi connectivity index (χ0) is 32.2. The van der Waals surface area contributed by atoms with E-state index in [0.717, 1.165) is 38.5 Å². The summed E-state index contributed by atoms with van der Waals surface area (Å²) in [5.41, 5.74) is 0.398. The number of carbonyl (C=O) groups excluding carboxylic acids is 2. The van der Waals surface area contributed by atoms with Crippen LogP contribution in [0.5, 0.6) is 0 Å². The molecule has 2 saturated heterocycles. The summed E-state index contributed by atoms with van der Waals surface area (Å²) < 4.78 is 57.9. The number of ketones is 2. The molecule has 2 heterocycles. The maximum atomic E-state index is 13.8. The number of fused-ring (bicyclic) bond motifs is 2. The third-order valence-electron chi connectivity index (χ3n) is 10.1. The van der Waals surface area contributed by atoms with Gasteiger partial charge in [-0.2, -0.15) is 8.61 Å². The molecule has 3 aliphatic rings. The predicted octanol–water partition coefficient (Wildman–Crippen LogP) is 6.14. The van der Waals surface area contributed by atoms with Crippen molar-refractivity contribution >= 4 is 31.6 Å². The fourth-order valence-corrected chi connectivity index (χ4v) is 10.1. The molecule has 1 aliphatic carbocycles. The van der Waals surface area contributed by atoms with Gasteiger partial charge < -0.3 is 0 Å². The standard InChI is InChI=1S/C34H46N2O6S2/c1-33(2,3)23-9-7-17-35(19-15-23)43(39,40)25-11-13-27-29(21-25)32(38)30-22-26(12-14-28(30)31(27)37)44(41,42)36-18-8-10-24(16-20-36)34(4,5)6/h11-14,21-24H,7-10,15-20H2,1-6H3. The van der Waals surface area contributed by atoms with Gasteiger partial charge in [-0.1, -0.05) is 41.5 Å². The lowest BCUT2D eigenvalue weighted by Gasteiger charge is -2.29. The molecule has 0 bridgehead atoms. The molecule has 8 nitrogen and oxygen atoms in total. The summed E-state index contributed by atoms with van der Waals surface area (Å²) in [6.45, 7) is 14.7. The molecule has 0 N–H and O–H groups in total. The van der Waals surface area contributed by atoms with Crippen LogP contribution in [-0.4, -0.2) is 63.2 Å². The van der Waals surface area contributed by atoms with Crippen molar-refractivity contribution in [3.8, 4) is 0 Å². The molecule has 2 aliphatic heterocycles. The van der Waals surface area contributed by atoms with Crippen LogP contribution in [0.2, 0.25) is 0 Å². The number of carbonyl (C=O) groups is 2. The SMILES string of the molecule is CC(C)(C)C1CCCN(S(=O)(=O)c2ccc3c(c2)C(=O)c2cc(S(=O)(=O)N4CCCC(C(C)(C)C)CC4)ccc2C3=O)CC1. The Labute approximate surface area is 263 Å². The quantitative estimate of drug-likeness (QED) is 0.339. The number of sulfonamides is 2. The van der Waals surface area contributed by atoms with Gasteiger partial charge in [0.15, 0.2) is 11.6 Å². The molecule has 0 radical (unpaired) electrons. The Morgan fingerprint density at radius 3 is 1.27 bits per heavy atom. The van der Waals surface area contributed by atoms with E-state index in [2.05, 4.69) is 41.5 Å². The number of benzene rings is 2. The molecule has 2 aromatic carbocycles. The first-order valence-electron chi connectivity index (χ1n) is 15.8. The smallest absolute Gasteiger partial charge is 0.243 e. The Hall–Kier alpha value is -2.40. The van der Waals surface area contributed by atoms with E-state index in [0.29, 0.717) is 38.0 Å². The van der Waals surface area contributed by atoms with Crippen molar-refractivity contribution in [3.63, 3.8) is 0 Å². The second-order valence-electron chi connectivity index (χ2n) is 14.9. The van der Waals surface area contributed by atoms with E-state index in [1.54, 1.807) is 0 Å². The van der Waals surface area contributed by atoms with E-state index in [-0.39, 0.29) is 42.9 Å². The Morgan fingerprint density at radius 1 is 0.545 bits per heavy atom. The fraction of sp³-hybridized carbons (Fsp3) is 0.588. The first kappa shape index (κ1) is 33.0. The molecular formula is C34H46N2O6S2. The van der Waals surface area contributed by atoms with Crippen LogP contribution >= 0.6 is 0 Å². The van der Waals surface area contributed by atoms with E-state index in [4.69, 9.17) is 0 Å². The normalized spacial score (nSPS) is 23.0. The first-order chi connectivity index (χ1) is 20.4. The van der Waals surface area contributed by atoms with Crippen LogP contribution in [0, 0.1) is 22.7 Å². The van der Waals surface area contributed by atoms with Crippen molar-refractivity contribution in [2.45, 2.75) is 89.9 Å². The Bertz CT molecular complexity index is 1560. The van der Waals surface area contributed by atoms with Crippen LogP contribution in [0.15, 0.2) is 46.2 Å². The minimum absolute atomic E-state index is 0.0108. The van der Waals surface area contributed by atoms with E-state index in [1.807, 2.05) is 0 Å². The third-order valence-corrected chi connectivity index (χ3v) is 13.8. The molecule has 10 heteroatoms. The zero-order valence-electron chi connectivity index (χ0n) is 26.9.